The Morgan fingerprint density at radius 3 is 2.39 bits per heavy atom. The first-order valence-corrected chi connectivity index (χ1v) is 10.3. The number of nitrogens with zero attached hydrogens (tertiary/aromatic N) is 2. The maximum Gasteiger partial charge on any atom is 0.257 e. The number of benzene rings is 2. The van der Waals surface area contributed by atoms with Gasteiger partial charge in [-0.05, 0) is 62.6 Å². The summed E-state index contributed by atoms with van der Waals surface area (Å²) < 4.78 is 5.63. The minimum atomic E-state index is -0.208. The second-order valence-corrected chi connectivity index (χ2v) is 7.84. The Hall–Kier alpha value is -2.73. The molecule has 0 bridgehead atoms. The van der Waals surface area contributed by atoms with Crippen LogP contribution in [-0.2, 0) is 0 Å². The lowest BCUT2D eigenvalue weighted by Crippen LogP contribution is -2.11. The van der Waals surface area contributed by atoms with Gasteiger partial charge in [0.05, 0.1) is 6.61 Å². The Labute approximate surface area is 169 Å². The van der Waals surface area contributed by atoms with Gasteiger partial charge >= 0.3 is 0 Å². The molecule has 0 aliphatic heterocycles. The predicted molar refractivity (Wildman–Crippen MR) is 114 cm³/mol. The molecule has 0 saturated heterocycles. The van der Waals surface area contributed by atoms with Crippen molar-refractivity contribution < 1.29 is 9.53 Å². The third-order valence-corrected chi connectivity index (χ3v) is 5.28. The molecule has 28 heavy (non-hydrogen) atoms. The number of carbonyl (C=O) groups excluding carboxylic acids is 1. The normalized spacial score (nSPS) is 10.7. The monoisotopic (exact) mass is 395 g/mol. The minimum Gasteiger partial charge on any atom is -0.494 e. The second-order valence-electron chi connectivity index (χ2n) is 6.87. The Morgan fingerprint density at radius 1 is 1.07 bits per heavy atom. The van der Waals surface area contributed by atoms with Gasteiger partial charge in [0.25, 0.3) is 5.91 Å². The second kappa shape index (κ2) is 8.97. The van der Waals surface area contributed by atoms with Crippen LogP contribution in [0.2, 0.25) is 0 Å². The van der Waals surface area contributed by atoms with Crippen LogP contribution in [0.5, 0.6) is 5.75 Å². The van der Waals surface area contributed by atoms with Crippen molar-refractivity contribution in [3.63, 3.8) is 0 Å². The number of amides is 1. The number of anilines is 1. The largest absolute Gasteiger partial charge is 0.494 e. The lowest BCUT2D eigenvalue weighted by molar-refractivity contribution is 0.102. The van der Waals surface area contributed by atoms with E-state index in [1.165, 1.54) is 16.9 Å². The van der Waals surface area contributed by atoms with Gasteiger partial charge in [-0.2, -0.15) is 0 Å². The van der Waals surface area contributed by atoms with E-state index in [-0.39, 0.29) is 5.91 Å². The fourth-order valence-electron chi connectivity index (χ4n) is 3.10. The van der Waals surface area contributed by atoms with Crippen molar-refractivity contribution in [3.8, 4) is 16.3 Å². The minimum absolute atomic E-state index is 0.208. The predicted octanol–water partition coefficient (Wildman–Crippen LogP) is 5.56. The van der Waals surface area contributed by atoms with E-state index in [4.69, 9.17) is 4.74 Å². The van der Waals surface area contributed by atoms with Crippen molar-refractivity contribution in [1.82, 2.24) is 10.2 Å². The fourth-order valence-corrected chi connectivity index (χ4v) is 4.01. The molecule has 146 valence electrons. The van der Waals surface area contributed by atoms with Gasteiger partial charge in [-0.1, -0.05) is 42.4 Å². The molecule has 1 amide bonds. The first kappa shape index (κ1) is 20.0. The summed E-state index contributed by atoms with van der Waals surface area (Å²) in [4.78, 5) is 12.5. The van der Waals surface area contributed by atoms with Gasteiger partial charge < -0.3 is 4.74 Å². The van der Waals surface area contributed by atoms with E-state index >= 15 is 0 Å². The van der Waals surface area contributed by atoms with E-state index in [2.05, 4.69) is 55.3 Å². The smallest absolute Gasteiger partial charge is 0.257 e. The zero-order valence-corrected chi connectivity index (χ0v) is 17.5. The van der Waals surface area contributed by atoms with Crippen LogP contribution in [0.4, 0.5) is 5.13 Å². The summed E-state index contributed by atoms with van der Waals surface area (Å²) >= 11 is 1.38. The summed E-state index contributed by atoms with van der Waals surface area (Å²) in [6, 6.07) is 11.4. The van der Waals surface area contributed by atoms with Crippen molar-refractivity contribution in [2.75, 3.05) is 11.9 Å². The molecule has 2 aromatic carbocycles. The molecule has 5 nitrogen and oxygen atoms in total. The van der Waals surface area contributed by atoms with Gasteiger partial charge in [0, 0.05) is 11.1 Å². The number of unbranched alkanes of at least 4 members (excludes halogenated alkanes) is 1. The third-order valence-electron chi connectivity index (χ3n) is 4.42. The lowest BCUT2D eigenvalue weighted by Gasteiger charge is -2.07. The van der Waals surface area contributed by atoms with Crippen LogP contribution in [0.1, 0.15) is 46.8 Å². The first-order valence-electron chi connectivity index (χ1n) is 9.44. The molecule has 1 N–H and O–H groups in total. The summed E-state index contributed by atoms with van der Waals surface area (Å²) in [6.45, 7) is 9.03. The van der Waals surface area contributed by atoms with Crippen molar-refractivity contribution in [3.05, 3.63) is 58.7 Å². The van der Waals surface area contributed by atoms with Crippen LogP contribution in [0.3, 0.4) is 0 Å². The lowest BCUT2D eigenvalue weighted by atomic mass is 10.0. The molecule has 0 aliphatic rings. The number of ether oxygens (including phenoxy) is 1. The maximum atomic E-state index is 12.5. The van der Waals surface area contributed by atoms with E-state index in [1.54, 1.807) is 12.1 Å². The molecular formula is C22H25N3O2S. The average Bonchev–Trinajstić information content (AvgIpc) is 3.09. The molecule has 3 rings (SSSR count). The Kier molecular flexibility index (Phi) is 6.41. The van der Waals surface area contributed by atoms with Crippen LogP contribution in [-0.4, -0.2) is 22.7 Å². The highest BCUT2D eigenvalue weighted by Crippen LogP contribution is 2.32. The number of rotatable bonds is 7. The van der Waals surface area contributed by atoms with Crippen LogP contribution >= 0.6 is 11.3 Å². The number of hydrogen-bond donors (Lipinski definition) is 1. The van der Waals surface area contributed by atoms with Gasteiger partial charge in [0.2, 0.25) is 5.13 Å². The molecule has 0 spiro atoms. The molecule has 3 aromatic rings. The van der Waals surface area contributed by atoms with Gasteiger partial charge in [0.15, 0.2) is 0 Å². The standard InChI is InChI=1S/C22H25N3O2S/c1-5-6-11-27-18-9-7-17(8-10-18)20(26)23-22-25-24-21(28-22)19-15(3)12-14(2)13-16(19)4/h7-10,12-13H,5-6,11H2,1-4H3,(H,23,25,26). The molecule has 1 heterocycles. The third kappa shape index (κ3) is 4.75. The summed E-state index contributed by atoms with van der Waals surface area (Å²) in [7, 11) is 0. The van der Waals surface area contributed by atoms with Crippen molar-refractivity contribution in [1.29, 1.82) is 0 Å². The van der Waals surface area contributed by atoms with Gasteiger partial charge in [-0.15, -0.1) is 10.2 Å². The first-order chi connectivity index (χ1) is 13.5. The summed E-state index contributed by atoms with van der Waals surface area (Å²) in [5, 5.41) is 12.6. The van der Waals surface area contributed by atoms with Crippen LogP contribution in [0.25, 0.3) is 10.6 Å². The van der Waals surface area contributed by atoms with E-state index in [0.29, 0.717) is 17.3 Å². The zero-order valence-electron chi connectivity index (χ0n) is 16.7. The van der Waals surface area contributed by atoms with E-state index in [1.807, 2.05) is 12.1 Å². The molecule has 0 radical (unpaired) electrons. The number of carbonyl (C=O) groups is 1. The molecular weight excluding hydrogens is 370 g/mol. The van der Waals surface area contributed by atoms with Gasteiger partial charge in [0.1, 0.15) is 10.8 Å². The van der Waals surface area contributed by atoms with E-state index in [0.717, 1.165) is 40.3 Å². The highest BCUT2D eigenvalue weighted by Gasteiger charge is 2.14. The molecule has 0 atom stereocenters. The van der Waals surface area contributed by atoms with E-state index in [9.17, 15) is 4.79 Å². The number of aryl methyl sites for hydroxylation is 3. The number of hydrogen-bond acceptors (Lipinski definition) is 5. The molecule has 6 heteroatoms. The summed E-state index contributed by atoms with van der Waals surface area (Å²) in [6.07, 6.45) is 2.10. The van der Waals surface area contributed by atoms with Crippen LogP contribution in [0.15, 0.2) is 36.4 Å². The highest BCUT2D eigenvalue weighted by molar-refractivity contribution is 7.18. The molecule has 0 aliphatic carbocycles. The Bertz CT molecular complexity index is 941. The summed E-state index contributed by atoms with van der Waals surface area (Å²) in [5.74, 6) is 0.564. The highest BCUT2D eigenvalue weighted by atomic mass is 32.1. The van der Waals surface area contributed by atoms with Crippen LogP contribution in [0, 0.1) is 20.8 Å². The Morgan fingerprint density at radius 2 is 1.75 bits per heavy atom. The van der Waals surface area contributed by atoms with Crippen molar-refractivity contribution in [2.45, 2.75) is 40.5 Å². The molecule has 0 saturated carbocycles. The zero-order chi connectivity index (χ0) is 20.1. The summed E-state index contributed by atoms with van der Waals surface area (Å²) in [5.41, 5.74) is 5.17. The quantitative estimate of drug-likeness (QED) is 0.532. The van der Waals surface area contributed by atoms with E-state index < -0.39 is 0 Å². The van der Waals surface area contributed by atoms with Crippen molar-refractivity contribution >= 4 is 22.4 Å². The van der Waals surface area contributed by atoms with Gasteiger partial charge in [-0.25, -0.2) is 0 Å². The van der Waals surface area contributed by atoms with Gasteiger partial charge in [-0.3, -0.25) is 10.1 Å². The van der Waals surface area contributed by atoms with Crippen LogP contribution < -0.4 is 10.1 Å². The SMILES string of the molecule is CCCCOc1ccc(C(=O)Nc2nnc(-c3c(C)cc(C)cc3C)s2)cc1. The molecule has 1 aromatic heterocycles. The average molecular weight is 396 g/mol. The maximum absolute atomic E-state index is 12.5. The number of nitrogens with one attached hydrogen (secondary N) is 1. The topological polar surface area (TPSA) is 64.1 Å². The Balaban J connectivity index is 1.69. The fraction of sp³-hybridized carbons (Fsp3) is 0.318. The number of aromatic nitrogens is 2. The molecule has 0 fully saturated rings. The molecule has 0 unspecified atom stereocenters. The van der Waals surface area contributed by atoms with Crippen molar-refractivity contribution in [2.24, 2.45) is 0 Å².